The minimum absolute atomic E-state index is 0.00778. The Bertz CT molecular complexity index is 1030. The second-order valence-corrected chi connectivity index (χ2v) is 7.08. The summed E-state index contributed by atoms with van der Waals surface area (Å²) in [5, 5.41) is 6.75. The molecule has 1 aromatic carbocycles. The molecule has 1 atom stereocenters. The monoisotopic (exact) mass is 372 g/mol. The van der Waals surface area contributed by atoms with Gasteiger partial charge < -0.3 is 11.1 Å². The van der Waals surface area contributed by atoms with Crippen molar-refractivity contribution in [2.75, 3.05) is 11.1 Å². The maximum atomic E-state index is 13.7. The number of nitrogens with two attached hydrogens (primary N) is 1. The number of thiophene rings is 1. The van der Waals surface area contributed by atoms with Crippen LogP contribution in [-0.4, -0.2) is 15.7 Å². The van der Waals surface area contributed by atoms with Gasteiger partial charge in [0.25, 0.3) is 5.56 Å². The van der Waals surface area contributed by atoms with E-state index >= 15 is 0 Å². The molecule has 3 aromatic rings. The van der Waals surface area contributed by atoms with Gasteiger partial charge in [0.05, 0.1) is 10.6 Å². The summed E-state index contributed by atoms with van der Waals surface area (Å²) in [5.41, 5.74) is 5.78. The van der Waals surface area contributed by atoms with E-state index in [9.17, 15) is 14.0 Å². The quantitative estimate of drug-likeness (QED) is 0.736. The van der Waals surface area contributed by atoms with Crippen molar-refractivity contribution < 1.29 is 9.18 Å². The van der Waals surface area contributed by atoms with E-state index in [1.165, 1.54) is 42.5 Å². The molecule has 0 aliphatic heterocycles. The molecule has 26 heavy (non-hydrogen) atoms. The highest BCUT2D eigenvalue weighted by molar-refractivity contribution is 7.15. The van der Waals surface area contributed by atoms with Crippen LogP contribution in [0.2, 0.25) is 0 Å². The highest BCUT2D eigenvalue weighted by Crippen LogP contribution is 2.26. The van der Waals surface area contributed by atoms with Crippen molar-refractivity contribution in [3.8, 4) is 10.6 Å². The fourth-order valence-corrected chi connectivity index (χ4v) is 3.22. The second kappa shape index (κ2) is 7.09. The number of hydrogen-bond donors (Lipinski definition) is 2. The summed E-state index contributed by atoms with van der Waals surface area (Å²) in [6, 6.07) is 10.1. The Morgan fingerprint density at radius 2 is 2.04 bits per heavy atom. The number of carbonyl (C=O) groups is 1. The van der Waals surface area contributed by atoms with Crippen LogP contribution in [0.25, 0.3) is 10.6 Å². The van der Waals surface area contributed by atoms with Crippen molar-refractivity contribution in [2.24, 2.45) is 0 Å². The van der Waals surface area contributed by atoms with E-state index in [1.54, 1.807) is 6.07 Å². The minimum atomic E-state index is -0.967. The van der Waals surface area contributed by atoms with E-state index in [0.717, 1.165) is 14.4 Å². The molecular weight excluding hydrogens is 355 g/mol. The predicted molar refractivity (Wildman–Crippen MR) is 101 cm³/mol. The third kappa shape index (κ3) is 3.50. The lowest BCUT2D eigenvalue weighted by atomic mass is 10.2. The molecule has 0 saturated carbocycles. The van der Waals surface area contributed by atoms with Crippen LogP contribution in [0.5, 0.6) is 0 Å². The summed E-state index contributed by atoms with van der Waals surface area (Å²) >= 11 is 1.51. The van der Waals surface area contributed by atoms with Crippen LogP contribution in [0, 0.1) is 12.7 Å². The van der Waals surface area contributed by atoms with Gasteiger partial charge in [-0.15, -0.1) is 11.3 Å². The lowest BCUT2D eigenvalue weighted by Crippen LogP contribution is -2.34. The molecule has 2 heterocycles. The van der Waals surface area contributed by atoms with Gasteiger partial charge in [-0.1, -0.05) is 12.1 Å². The third-order valence-corrected chi connectivity index (χ3v) is 4.86. The Morgan fingerprint density at radius 1 is 1.31 bits per heavy atom. The summed E-state index contributed by atoms with van der Waals surface area (Å²) in [6.07, 6.45) is 0. The Hall–Kier alpha value is -3.00. The topological polar surface area (TPSA) is 90.0 Å². The molecule has 0 radical (unpaired) electrons. The number of hydrogen-bond acceptors (Lipinski definition) is 5. The number of nitrogens with zero attached hydrogens (tertiary/aromatic N) is 2. The number of aryl methyl sites for hydroxylation is 1. The number of halogens is 1. The van der Waals surface area contributed by atoms with Crippen LogP contribution in [0.1, 0.15) is 17.8 Å². The first-order chi connectivity index (χ1) is 12.4. The Labute approximate surface area is 153 Å². The number of benzene rings is 1. The molecule has 0 unspecified atom stereocenters. The minimum Gasteiger partial charge on any atom is -0.394 e. The standard InChI is InChI=1S/C18H17FN4O2S/c1-10-7-8-16(26-10)15-9-13(20)18(25)23(22-15)11(2)17(24)21-14-6-4-3-5-12(14)19/h3-9,11H,20H2,1-2H3,(H,21,24)/t11-/m1/s1. The fraction of sp³-hybridized carbons (Fsp3) is 0.167. The van der Waals surface area contributed by atoms with E-state index in [2.05, 4.69) is 10.4 Å². The average molecular weight is 372 g/mol. The fourth-order valence-electron chi connectivity index (χ4n) is 2.40. The number of aromatic nitrogens is 2. The number of nitrogen functional groups attached to an aromatic ring is 1. The maximum absolute atomic E-state index is 13.7. The van der Waals surface area contributed by atoms with E-state index in [1.807, 2.05) is 19.1 Å². The normalized spacial score (nSPS) is 12.0. The van der Waals surface area contributed by atoms with Crippen molar-refractivity contribution in [3.63, 3.8) is 0 Å². The molecule has 0 aliphatic rings. The average Bonchev–Trinajstić information content (AvgIpc) is 3.05. The van der Waals surface area contributed by atoms with E-state index in [-0.39, 0.29) is 11.4 Å². The number of carbonyl (C=O) groups excluding carboxylic acids is 1. The number of rotatable bonds is 4. The van der Waals surface area contributed by atoms with E-state index in [0.29, 0.717) is 5.69 Å². The molecule has 8 heteroatoms. The SMILES string of the molecule is Cc1ccc(-c2cc(N)c(=O)n([C@H](C)C(=O)Nc3ccccc3F)n2)s1. The van der Waals surface area contributed by atoms with Gasteiger partial charge in [0.15, 0.2) is 0 Å². The molecule has 2 aromatic heterocycles. The zero-order valence-corrected chi connectivity index (χ0v) is 15.0. The van der Waals surface area contributed by atoms with Crippen LogP contribution < -0.4 is 16.6 Å². The first-order valence-corrected chi connectivity index (χ1v) is 8.70. The first kappa shape index (κ1) is 17.8. The second-order valence-electron chi connectivity index (χ2n) is 5.79. The summed E-state index contributed by atoms with van der Waals surface area (Å²) in [7, 11) is 0. The number of anilines is 2. The van der Waals surface area contributed by atoms with Gasteiger partial charge in [0.2, 0.25) is 5.91 Å². The summed E-state index contributed by atoms with van der Waals surface area (Å²) in [6.45, 7) is 3.46. The number of amides is 1. The molecule has 134 valence electrons. The van der Waals surface area contributed by atoms with Gasteiger partial charge in [-0.3, -0.25) is 9.59 Å². The number of nitrogens with one attached hydrogen (secondary N) is 1. The number of para-hydroxylation sites is 1. The van der Waals surface area contributed by atoms with Crippen molar-refractivity contribution in [1.29, 1.82) is 0 Å². The van der Waals surface area contributed by atoms with E-state index in [4.69, 9.17) is 5.73 Å². The molecule has 0 saturated heterocycles. The third-order valence-electron chi connectivity index (χ3n) is 3.83. The van der Waals surface area contributed by atoms with Gasteiger partial charge in [-0.05, 0) is 44.2 Å². The van der Waals surface area contributed by atoms with Crippen LogP contribution in [0.4, 0.5) is 15.8 Å². The Balaban J connectivity index is 1.94. The summed E-state index contributed by atoms with van der Waals surface area (Å²) in [5.74, 6) is -1.13. The van der Waals surface area contributed by atoms with Crippen molar-refractivity contribution in [1.82, 2.24) is 9.78 Å². The molecule has 1 amide bonds. The van der Waals surface area contributed by atoms with Crippen LogP contribution in [0.15, 0.2) is 47.3 Å². The van der Waals surface area contributed by atoms with Gasteiger partial charge in [0, 0.05) is 4.88 Å². The largest absolute Gasteiger partial charge is 0.394 e. The molecule has 0 fully saturated rings. The van der Waals surface area contributed by atoms with Gasteiger partial charge in [0.1, 0.15) is 23.2 Å². The summed E-state index contributed by atoms with van der Waals surface area (Å²) in [4.78, 5) is 26.7. The highest BCUT2D eigenvalue weighted by atomic mass is 32.1. The van der Waals surface area contributed by atoms with Crippen molar-refractivity contribution in [2.45, 2.75) is 19.9 Å². The van der Waals surface area contributed by atoms with Gasteiger partial charge >= 0.3 is 0 Å². The Kier molecular flexibility index (Phi) is 4.85. The molecular formula is C18H17FN4O2S. The van der Waals surface area contributed by atoms with Crippen LogP contribution >= 0.6 is 11.3 Å². The molecule has 0 spiro atoms. The molecule has 3 rings (SSSR count). The zero-order chi connectivity index (χ0) is 18.8. The summed E-state index contributed by atoms with van der Waals surface area (Å²) < 4.78 is 14.8. The van der Waals surface area contributed by atoms with Crippen LogP contribution in [0.3, 0.4) is 0 Å². The maximum Gasteiger partial charge on any atom is 0.290 e. The highest BCUT2D eigenvalue weighted by Gasteiger charge is 2.21. The first-order valence-electron chi connectivity index (χ1n) is 7.88. The molecule has 0 bridgehead atoms. The lowest BCUT2D eigenvalue weighted by molar-refractivity contribution is -0.119. The molecule has 6 nitrogen and oxygen atoms in total. The smallest absolute Gasteiger partial charge is 0.290 e. The van der Waals surface area contributed by atoms with Crippen molar-refractivity contribution in [3.05, 3.63) is 63.5 Å². The van der Waals surface area contributed by atoms with Crippen LogP contribution in [-0.2, 0) is 4.79 Å². The van der Waals surface area contributed by atoms with Crippen molar-refractivity contribution >= 4 is 28.6 Å². The van der Waals surface area contributed by atoms with Gasteiger partial charge in [-0.2, -0.15) is 5.10 Å². The van der Waals surface area contributed by atoms with E-state index < -0.39 is 23.3 Å². The zero-order valence-electron chi connectivity index (χ0n) is 14.2. The Morgan fingerprint density at radius 3 is 2.69 bits per heavy atom. The predicted octanol–water partition coefficient (Wildman–Crippen LogP) is 3.20. The molecule has 3 N–H and O–H groups in total. The van der Waals surface area contributed by atoms with Gasteiger partial charge in [-0.25, -0.2) is 9.07 Å². The molecule has 0 aliphatic carbocycles. The lowest BCUT2D eigenvalue weighted by Gasteiger charge is -2.16.